The molecule has 0 fully saturated rings. The molecule has 0 unspecified atom stereocenters. The zero-order valence-electron chi connectivity index (χ0n) is 10.2. The maximum Gasteiger partial charge on any atom is 0.416 e. The lowest BCUT2D eigenvalue weighted by Gasteiger charge is -2.08. The van der Waals surface area contributed by atoms with E-state index in [2.05, 4.69) is 15.3 Å². The van der Waals surface area contributed by atoms with Crippen LogP contribution in [0.15, 0.2) is 36.7 Å². The quantitative estimate of drug-likeness (QED) is 0.929. The van der Waals surface area contributed by atoms with Crippen molar-refractivity contribution in [2.45, 2.75) is 12.7 Å². The molecule has 1 aromatic carbocycles. The van der Waals surface area contributed by atoms with E-state index in [0.717, 1.165) is 17.7 Å². The number of aromatic nitrogens is 2. The topological polar surface area (TPSA) is 37.8 Å². The number of hydrogen-bond acceptors (Lipinski definition) is 3. The van der Waals surface area contributed by atoms with Gasteiger partial charge in [0.1, 0.15) is 0 Å². The molecule has 1 aromatic heterocycles. The molecule has 0 aliphatic heterocycles. The number of nitrogens with one attached hydrogen (secondary N) is 1. The van der Waals surface area contributed by atoms with Crippen molar-refractivity contribution in [1.82, 2.24) is 15.3 Å². The third kappa shape index (κ3) is 3.29. The first-order valence-electron chi connectivity index (χ1n) is 5.64. The van der Waals surface area contributed by atoms with Crippen LogP contribution in [0, 0.1) is 0 Å². The number of alkyl halides is 3. The highest BCUT2D eigenvalue weighted by molar-refractivity contribution is 5.56. The predicted molar refractivity (Wildman–Crippen MR) is 65.2 cm³/mol. The van der Waals surface area contributed by atoms with Crippen LogP contribution >= 0.6 is 0 Å². The maximum atomic E-state index is 12.6. The van der Waals surface area contributed by atoms with Crippen LogP contribution in [0.1, 0.15) is 11.1 Å². The molecule has 2 aromatic rings. The first-order valence-corrected chi connectivity index (χ1v) is 5.64. The molecule has 1 heterocycles. The molecule has 100 valence electrons. The Labute approximate surface area is 108 Å². The number of hydrogen-bond donors (Lipinski definition) is 1. The number of nitrogens with zero attached hydrogens (tertiary/aromatic N) is 2. The van der Waals surface area contributed by atoms with Crippen LogP contribution in [-0.2, 0) is 12.7 Å². The van der Waals surface area contributed by atoms with Crippen LogP contribution < -0.4 is 5.32 Å². The molecule has 3 nitrogen and oxygen atoms in total. The highest BCUT2D eigenvalue weighted by atomic mass is 19.4. The van der Waals surface area contributed by atoms with Crippen molar-refractivity contribution in [1.29, 1.82) is 0 Å². The highest BCUT2D eigenvalue weighted by Gasteiger charge is 2.30. The van der Waals surface area contributed by atoms with Gasteiger partial charge >= 0.3 is 6.18 Å². The van der Waals surface area contributed by atoms with Crippen molar-refractivity contribution < 1.29 is 13.2 Å². The molecule has 0 aliphatic rings. The van der Waals surface area contributed by atoms with E-state index >= 15 is 0 Å². The van der Waals surface area contributed by atoms with Crippen molar-refractivity contribution in [3.05, 3.63) is 47.8 Å². The molecule has 1 N–H and O–H groups in total. The summed E-state index contributed by atoms with van der Waals surface area (Å²) >= 11 is 0. The van der Waals surface area contributed by atoms with Crippen LogP contribution in [0.5, 0.6) is 0 Å². The monoisotopic (exact) mass is 267 g/mol. The van der Waals surface area contributed by atoms with Crippen molar-refractivity contribution in [2.75, 3.05) is 7.05 Å². The van der Waals surface area contributed by atoms with Gasteiger partial charge in [-0.3, -0.25) is 0 Å². The Bertz CT molecular complexity index is 550. The van der Waals surface area contributed by atoms with E-state index in [1.165, 1.54) is 6.07 Å². The van der Waals surface area contributed by atoms with E-state index < -0.39 is 11.7 Å². The standard InChI is InChI=1S/C13H12F3N3/c1-17-6-9-7-18-12(19-8-9)10-3-2-4-11(5-10)13(14,15)16/h2-5,7-8,17H,6H2,1H3. The SMILES string of the molecule is CNCc1cnc(-c2cccc(C(F)(F)F)c2)nc1. The molecule has 0 spiro atoms. The minimum Gasteiger partial charge on any atom is -0.316 e. The van der Waals surface area contributed by atoms with Crippen LogP contribution in [0.25, 0.3) is 11.4 Å². The predicted octanol–water partition coefficient (Wildman–Crippen LogP) is 2.88. The Kier molecular flexibility index (Phi) is 3.80. The minimum absolute atomic E-state index is 0.283. The van der Waals surface area contributed by atoms with Crippen LogP contribution in [0.4, 0.5) is 13.2 Å². The van der Waals surface area contributed by atoms with Gasteiger partial charge in [0.05, 0.1) is 5.56 Å². The average molecular weight is 267 g/mol. The summed E-state index contributed by atoms with van der Waals surface area (Å²) in [6, 6.07) is 4.98. The third-order valence-corrected chi connectivity index (χ3v) is 2.53. The lowest BCUT2D eigenvalue weighted by molar-refractivity contribution is -0.137. The Morgan fingerprint density at radius 2 is 1.84 bits per heavy atom. The molecule has 0 saturated carbocycles. The van der Waals surface area contributed by atoms with Gasteiger partial charge in [0.15, 0.2) is 5.82 Å². The third-order valence-electron chi connectivity index (χ3n) is 2.53. The van der Waals surface area contributed by atoms with E-state index in [9.17, 15) is 13.2 Å². The Hall–Kier alpha value is -1.95. The van der Waals surface area contributed by atoms with Crippen molar-refractivity contribution in [3.8, 4) is 11.4 Å². The van der Waals surface area contributed by atoms with Gasteiger partial charge in [-0.05, 0) is 19.2 Å². The molecule has 6 heteroatoms. The van der Waals surface area contributed by atoms with Crippen molar-refractivity contribution >= 4 is 0 Å². The summed E-state index contributed by atoms with van der Waals surface area (Å²) in [5.41, 5.74) is 0.525. The minimum atomic E-state index is -4.36. The lowest BCUT2D eigenvalue weighted by atomic mass is 10.1. The Morgan fingerprint density at radius 1 is 1.16 bits per heavy atom. The van der Waals surface area contributed by atoms with Crippen molar-refractivity contribution in [2.24, 2.45) is 0 Å². The fraction of sp³-hybridized carbons (Fsp3) is 0.231. The van der Waals surface area contributed by atoms with Gasteiger partial charge in [-0.2, -0.15) is 13.2 Å². The number of benzene rings is 1. The summed E-state index contributed by atoms with van der Waals surface area (Å²) in [6.07, 6.45) is -1.17. The maximum absolute atomic E-state index is 12.6. The lowest BCUT2D eigenvalue weighted by Crippen LogP contribution is -2.06. The van der Waals surface area contributed by atoms with E-state index in [-0.39, 0.29) is 5.82 Å². The van der Waals surface area contributed by atoms with Crippen molar-refractivity contribution in [3.63, 3.8) is 0 Å². The number of halogens is 3. The van der Waals surface area contributed by atoms with E-state index in [0.29, 0.717) is 12.1 Å². The van der Waals surface area contributed by atoms with Crippen LogP contribution in [0.2, 0.25) is 0 Å². The molecule has 0 aliphatic carbocycles. The molecule has 0 saturated heterocycles. The summed E-state index contributed by atoms with van der Waals surface area (Å²) in [5, 5.41) is 2.94. The first-order chi connectivity index (χ1) is 9.00. The molecule has 0 amide bonds. The van der Waals surface area contributed by atoms with Gasteiger partial charge in [0, 0.05) is 30.1 Å². The second kappa shape index (κ2) is 5.36. The van der Waals surface area contributed by atoms with E-state index in [4.69, 9.17) is 0 Å². The zero-order valence-corrected chi connectivity index (χ0v) is 10.2. The average Bonchev–Trinajstić information content (AvgIpc) is 2.39. The molecular weight excluding hydrogens is 255 g/mol. The normalized spacial score (nSPS) is 11.6. The van der Waals surface area contributed by atoms with Crippen LogP contribution in [0.3, 0.4) is 0 Å². The van der Waals surface area contributed by atoms with E-state index in [1.807, 2.05) is 0 Å². The fourth-order valence-electron chi connectivity index (χ4n) is 1.63. The molecular formula is C13H12F3N3. The van der Waals surface area contributed by atoms with E-state index in [1.54, 1.807) is 25.5 Å². The molecule has 19 heavy (non-hydrogen) atoms. The molecule has 0 bridgehead atoms. The van der Waals surface area contributed by atoms with Gasteiger partial charge in [0.2, 0.25) is 0 Å². The van der Waals surface area contributed by atoms with Gasteiger partial charge in [-0.25, -0.2) is 9.97 Å². The zero-order chi connectivity index (χ0) is 13.9. The highest BCUT2D eigenvalue weighted by Crippen LogP contribution is 2.31. The number of rotatable bonds is 3. The Balaban J connectivity index is 2.31. The second-order valence-electron chi connectivity index (χ2n) is 4.02. The van der Waals surface area contributed by atoms with Gasteiger partial charge in [-0.1, -0.05) is 12.1 Å². The summed E-state index contributed by atoms with van der Waals surface area (Å²) in [6.45, 7) is 0.614. The van der Waals surface area contributed by atoms with Gasteiger partial charge in [0.25, 0.3) is 0 Å². The van der Waals surface area contributed by atoms with Gasteiger partial charge < -0.3 is 5.32 Å². The Morgan fingerprint density at radius 3 is 2.42 bits per heavy atom. The summed E-state index contributed by atoms with van der Waals surface area (Å²) < 4.78 is 37.8. The summed E-state index contributed by atoms with van der Waals surface area (Å²) in [4.78, 5) is 8.14. The largest absolute Gasteiger partial charge is 0.416 e. The first kappa shape index (κ1) is 13.5. The van der Waals surface area contributed by atoms with Gasteiger partial charge in [-0.15, -0.1) is 0 Å². The molecule has 0 atom stereocenters. The molecule has 2 rings (SSSR count). The van der Waals surface area contributed by atoms with Crippen LogP contribution in [-0.4, -0.2) is 17.0 Å². The smallest absolute Gasteiger partial charge is 0.316 e. The summed E-state index contributed by atoms with van der Waals surface area (Å²) in [7, 11) is 1.79. The molecule has 0 radical (unpaired) electrons. The second-order valence-corrected chi connectivity index (χ2v) is 4.02. The fourth-order valence-corrected chi connectivity index (χ4v) is 1.63. The summed E-state index contributed by atoms with van der Waals surface area (Å²) in [5.74, 6) is 0.283.